The normalized spacial score (nSPS) is 12.4. The van der Waals surface area contributed by atoms with Gasteiger partial charge in [-0.15, -0.1) is 11.3 Å². The molecule has 2 N–H and O–H groups in total. The molecule has 1 atom stereocenters. The maximum Gasteiger partial charge on any atom is 0.126 e. The summed E-state index contributed by atoms with van der Waals surface area (Å²) in [6, 6.07) is 4.28. The molecular weight excluding hydrogens is 263 g/mol. The molecule has 0 aliphatic heterocycles. The van der Waals surface area contributed by atoms with Crippen LogP contribution in [0.25, 0.3) is 0 Å². The molecule has 5 heteroatoms. The van der Waals surface area contributed by atoms with E-state index in [1.165, 1.54) is 17.0 Å². The molecule has 1 aromatic carbocycles. The predicted molar refractivity (Wildman–Crippen MR) is 75.1 cm³/mol. The van der Waals surface area contributed by atoms with E-state index in [0.29, 0.717) is 12.4 Å². The number of benzene rings is 1. The molecule has 0 aliphatic carbocycles. The molecule has 1 aromatic heterocycles. The zero-order chi connectivity index (χ0) is 13.8. The number of hydrogen-bond acceptors (Lipinski definition) is 4. The van der Waals surface area contributed by atoms with Gasteiger partial charge in [-0.05, 0) is 19.9 Å². The van der Waals surface area contributed by atoms with Crippen LogP contribution in [0.1, 0.15) is 29.1 Å². The molecule has 1 unspecified atom stereocenters. The fourth-order valence-corrected chi connectivity index (χ4v) is 2.59. The third-order valence-electron chi connectivity index (χ3n) is 2.90. The lowest BCUT2D eigenvalue weighted by Crippen LogP contribution is -2.10. The van der Waals surface area contributed by atoms with Crippen molar-refractivity contribution in [1.82, 2.24) is 4.98 Å². The Hall–Kier alpha value is -1.46. The number of thiazole rings is 1. The SMILES string of the molecule is Cc1ncsc1CCOc1cc(F)ccc1C(C)N. The summed E-state index contributed by atoms with van der Waals surface area (Å²) in [5, 5.41) is 0. The molecule has 0 amide bonds. The van der Waals surface area contributed by atoms with Gasteiger partial charge < -0.3 is 10.5 Å². The summed E-state index contributed by atoms with van der Waals surface area (Å²) in [5.74, 6) is 0.213. The Morgan fingerprint density at radius 2 is 2.26 bits per heavy atom. The fourth-order valence-electron chi connectivity index (χ4n) is 1.83. The van der Waals surface area contributed by atoms with Gasteiger partial charge in [0, 0.05) is 29.0 Å². The number of halogens is 1. The number of hydrogen-bond donors (Lipinski definition) is 1. The summed E-state index contributed by atoms with van der Waals surface area (Å²) >= 11 is 1.61. The van der Waals surface area contributed by atoms with Gasteiger partial charge in [0.1, 0.15) is 11.6 Å². The van der Waals surface area contributed by atoms with Crippen molar-refractivity contribution in [3.8, 4) is 5.75 Å². The molecule has 102 valence electrons. The molecular formula is C14H17FN2OS. The number of aryl methyl sites for hydroxylation is 1. The molecule has 0 saturated heterocycles. The van der Waals surface area contributed by atoms with E-state index in [1.54, 1.807) is 17.4 Å². The monoisotopic (exact) mass is 280 g/mol. The van der Waals surface area contributed by atoms with E-state index in [9.17, 15) is 4.39 Å². The van der Waals surface area contributed by atoms with Crippen LogP contribution in [0.15, 0.2) is 23.7 Å². The highest BCUT2D eigenvalue weighted by Crippen LogP contribution is 2.25. The van der Waals surface area contributed by atoms with Crippen LogP contribution < -0.4 is 10.5 Å². The van der Waals surface area contributed by atoms with E-state index in [4.69, 9.17) is 10.5 Å². The minimum Gasteiger partial charge on any atom is -0.493 e. The molecule has 0 aliphatic rings. The van der Waals surface area contributed by atoms with Gasteiger partial charge in [0.05, 0.1) is 17.8 Å². The van der Waals surface area contributed by atoms with Gasteiger partial charge in [-0.1, -0.05) is 6.07 Å². The first-order valence-corrected chi connectivity index (χ1v) is 7.02. The van der Waals surface area contributed by atoms with Crippen LogP contribution in [0.3, 0.4) is 0 Å². The number of nitrogens with two attached hydrogens (primary N) is 1. The van der Waals surface area contributed by atoms with Crippen LogP contribution in [0, 0.1) is 12.7 Å². The molecule has 0 bridgehead atoms. The smallest absolute Gasteiger partial charge is 0.126 e. The van der Waals surface area contributed by atoms with Gasteiger partial charge in [0.15, 0.2) is 0 Å². The first-order valence-electron chi connectivity index (χ1n) is 6.14. The van der Waals surface area contributed by atoms with Crippen molar-refractivity contribution >= 4 is 11.3 Å². The van der Waals surface area contributed by atoms with Gasteiger partial charge in [0.2, 0.25) is 0 Å². The Labute approximate surface area is 116 Å². The van der Waals surface area contributed by atoms with Crippen LogP contribution in [-0.4, -0.2) is 11.6 Å². The quantitative estimate of drug-likeness (QED) is 0.914. The lowest BCUT2D eigenvalue weighted by atomic mass is 10.1. The van der Waals surface area contributed by atoms with Crippen molar-refractivity contribution in [2.24, 2.45) is 5.73 Å². The standard InChI is InChI=1S/C14H17FN2OS/c1-9(16)12-4-3-11(15)7-13(12)18-6-5-14-10(2)17-8-19-14/h3-4,7-9H,5-6,16H2,1-2H3. The topological polar surface area (TPSA) is 48.1 Å². The molecule has 1 heterocycles. The lowest BCUT2D eigenvalue weighted by Gasteiger charge is -2.14. The number of rotatable bonds is 5. The van der Waals surface area contributed by atoms with Crippen LogP contribution in [0.2, 0.25) is 0 Å². The van der Waals surface area contributed by atoms with Crippen molar-refractivity contribution in [2.45, 2.75) is 26.3 Å². The second-order valence-electron chi connectivity index (χ2n) is 4.43. The Morgan fingerprint density at radius 3 is 2.89 bits per heavy atom. The summed E-state index contributed by atoms with van der Waals surface area (Å²) < 4.78 is 18.9. The molecule has 19 heavy (non-hydrogen) atoms. The number of ether oxygens (including phenoxy) is 1. The number of nitrogens with zero attached hydrogens (tertiary/aromatic N) is 1. The van der Waals surface area contributed by atoms with E-state index in [2.05, 4.69) is 4.98 Å². The van der Waals surface area contributed by atoms with Crippen molar-refractivity contribution < 1.29 is 9.13 Å². The van der Waals surface area contributed by atoms with Crippen LogP contribution in [0.4, 0.5) is 4.39 Å². The highest BCUT2D eigenvalue weighted by Gasteiger charge is 2.10. The van der Waals surface area contributed by atoms with Crippen molar-refractivity contribution in [2.75, 3.05) is 6.61 Å². The number of aromatic nitrogens is 1. The molecule has 0 radical (unpaired) electrons. The van der Waals surface area contributed by atoms with E-state index in [-0.39, 0.29) is 11.9 Å². The van der Waals surface area contributed by atoms with Crippen molar-refractivity contribution in [3.63, 3.8) is 0 Å². The highest BCUT2D eigenvalue weighted by atomic mass is 32.1. The Kier molecular flexibility index (Phi) is 4.50. The zero-order valence-corrected chi connectivity index (χ0v) is 11.8. The predicted octanol–water partition coefficient (Wildman–Crippen LogP) is 3.23. The Morgan fingerprint density at radius 1 is 1.47 bits per heavy atom. The van der Waals surface area contributed by atoms with Gasteiger partial charge in [0.25, 0.3) is 0 Å². The van der Waals surface area contributed by atoms with Crippen molar-refractivity contribution in [3.05, 3.63) is 45.7 Å². The minimum atomic E-state index is -0.312. The first kappa shape index (κ1) is 14.0. The van der Waals surface area contributed by atoms with Gasteiger partial charge >= 0.3 is 0 Å². The molecule has 0 fully saturated rings. The lowest BCUT2D eigenvalue weighted by molar-refractivity contribution is 0.316. The third-order valence-corrected chi connectivity index (χ3v) is 3.89. The molecule has 0 spiro atoms. The summed E-state index contributed by atoms with van der Waals surface area (Å²) in [7, 11) is 0. The second-order valence-corrected chi connectivity index (χ2v) is 5.37. The van der Waals surface area contributed by atoms with E-state index in [1.807, 2.05) is 19.4 Å². The highest BCUT2D eigenvalue weighted by molar-refractivity contribution is 7.09. The van der Waals surface area contributed by atoms with Crippen LogP contribution >= 0.6 is 11.3 Å². The summed E-state index contributed by atoms with van der Waals surface area (Å²) in [4.78, 5) is 5.38. The average Bonchev–Trinajstić information content (AvgIpc) is 2.75. The zero-order valence-electron chi connectivity index (χ0n) is 11.0. The van der Waals surface area contributed by atoms with Gasteiger partial charge in [-0.2, -0.15) is 0 Å². The molecule has 2 rings (SSSR count). The summed E-state index contributed by atoms with van der Waals surface area (Å²) in [5.41, 5.74) is 9.51. The maximum atomic E-state index is 13.2. The summed E-state index contributed by atoms with van der Waals surface area (Å²) in [6.07, 6.45) is 0.769. The van der Waals surface area contributed by atoms with Crippen LogP contribution in [-0.2, 0) is 6.42 Å². The van der Waals surface area contributed by atoms with E-state index >= 15 is 0 Å². The maximum absolute atomic E-state index is 13.2. The Balaban J connectivity index is 2.03. The largest absolute Gasteiger partial charge is 0.493 e. The molecule has 2 aromatic rings. The minimum absolute atomic E-state index is 0.180. The summed E-state index contributed by atoms with van der Waals surface area (Å²) in [6.45, 7) is 4.32. The fraction of sp³-hybridized carbons (Fsp3) is 0.357. The van der Waals surface area contributed by atoms with Gasteiger partial charge in [-0.3, -0.25) is 0 Å². The molecule has 3 nitrogen and oxygen atoms in total. The molecule has 0 saturated carbocycles. The van der Waals surface area contributed by atoms with E-state index < -0.39 is 0 Å². The average molecular weight is 280 g/mol. The van der Waals surface area contributed by atoms with Gasteiger partial charge in [-0.25, -0.2) is 9.37 Å². The van der Waals surface area contributed by atoms with Crippen molar-refractivity contribution in [1.29, 1.82) is 0 Å². The first-order chi connectivity index (χ1) is 9.08. The third kappa shape index (κ3) is 3.52. The second kappa shape index (κ2) is 6.12. The van der Waals surface area contributed by atoms with E-state index in [0.717, 1.165) is 17.7 Å². The van der Waals surface area contributed by atoms with Crippen LogP contribution in [0.5, 0.6) is 5.75 Å². The Bertz CT molecular complexity index is 554.